The highest BCUT2D eigenvalue weighted by Gasteiger charge is 2.38. The van der Waals surface area contributed by atoms with E-state index in [-0.39, 0.29) is 73.2 Å². The Hall–Kier alpha value is -6.53. The molecular weight excluding hydrogens is 728 g/mol. The fourth-order valence-corrected chi connectivity index (χ4v) is 5.34. The summed E-state index contributed by atoms with van der Waals surface area (Å²) in [6, 6.07) is 14.8. The van der Waals surface area contributed by atoms with E-state index in [0.29, 0.717) is 11.1 Å². The number of fused-ring (bicyclic) bond motifs is 1. The smallest absolute Gasteiger partial charge is 0.481 e. The number of aliphatic carboxylic acids is 3. The highest BCUT2D eigenvalue weighted by molar-refractivity contribution is 5.99. The second kappa shape index (κ2) is 17.3. The van der Waals surface area contributed by atoms with Crippen LogP contribution in [0.2, 0.25) is 0 Å². The number of rotatable bonds is 11. The first kappa shape index (κ1) is 40.2. The number of amides is 3. The Labute approximate surface area is 302 Å². The van der Waals surface area contributed by atoms with E-state index in [0.717, 1.165) is 6.07 Å². The SMILES string of the molecule is Cc1cc(F)cc2c(OC(C(=O)O)c3ccccc3)cc(C(=O)NCCC(C(=O)O)C(=O)N3CCN(C(=O)c4ccco4)CC3)nc12.O=C(O)C(F)(F)F. The molecule has 4 aromatic rings. The number of pyridine rings is 1. The molecule has 1 fully saturated rings. The number of piperazine rings is 1. The number of benzene rings is 2. The Morgan fingerprint density at radius 1 is 0.907 bits per heavy atom. The zero-order valence-electron chi connectivity index (χ0n) is 28.2. The van der Waals surface area contributed by atoms with E-state index in [1.165, 1.54) is 34.3 Å². The van der Waals surface area contributed by atoms with E-state index in [9.17, 15) is 51.7 Å². The van der Waals surface area contributed by atoms with Crippen LogP contribution in [0.1, 0.15) is 44.7 Å². The van der Waals surface area contributed by atoms with Gasteiger partial charge >= 0.3 is 24.1 Å². The van der Waals surface area contributed by atoms with Crippen molar-refractivity contribution >= 4 is 46.5 Å². The highest BCUT2D eigenvalue weighted by Crippen LogP contribution is 2.32. The summed E-state index contributed by atoms with van der Waals surface area (Å²) in [7, 11) is 0. The largest absolute Gasteiger partial charge is 0.490 e. The van der Waals surface area contributed by atoms with Crippen LogP contribution in [-0.4, -0.2) is 105 Å². The molecule has 0 aliphatic carbocycles. The fourth-order valence-electron chi connectivity index (χ4n) is 5.34. The second-order valence-corrected chi connectivity index (χ2v) is 11.7. The Morgan fingerprint density at radius 2 is 1.54 bits per heavy atom. The Morgan fingerprint density at radius 3 is 2.09 bits per heavy atom. The van der Waals surface area contributed by atoms with Crippen molar-refractivity contribution < 1.29 is 70.8 Å². The number of alkyl halides is 3. The number of hydrogen-bond donors (Lipinski definition) is 4. The van der Waals surface area contributed by atoms with Crippen molar-refractivity contribution in [2.45, 2.75) is 25.6 Å². The van der Waals surface area contributed by atoms with E-state index in [4.69, 9.17) is 19.1 Å². The molecule has 0 radical (unpaired) electrons. The van der Waals surface area contributed by atoms with Gasteiger partial charge in [-0.2, -0.15) is 13.2 Å². The summed E-state index contributed by atoms with van der Waals surface area (Å²) >= 11 is 0. The van der Waals surface area contributed by atoms with Crippen LogP contribution in [0, 0.1) is 18.7 Å². The molecule has 286 valence electrons. The van der Waals surface area contributed by atoms with Crippen LogP contribution >= 0.6 is 0 Å². The minimum Gasteiger partial charge on any atom is -0.481 e. The molecule has 0 saturated carbocycles. The first-order chi connectivity index (χ1) is 25.5. The number of carboxylic acid groups (broad SMARTS) is 3. The van der Waals surface area contributed by atoms with Crippen LogP contribution in [0.25, 0.3) is 10.9 Å². The van der Waals surface area contributed by atoms with Gasteiger partial charge in [0.1, 0.15) is 23.2 Å². The molecule has 2 unspecified atom stereocenters. The summed E-state index contributed by atoms with van der Waals surface area (Å²) in [4.78, 5) is 79.2. The lowest BCUT2D eigenvalue weighted by Crippen LogP contribution is -2.53. The lowest BCUT2D eigenvalue weighted by Gasteiger charge is -2.35. The maximum atomic E-state index is 14.4. The number of nitrogens with zero attached hydrogens (tertiary/aromatic N) is 3. The van der Waals surface area contributed by atoms with Crippen molar-refractivity contribution in [1.29, 1.82) is 0 Å². The monoisotopic (exact) mass is 760 g/mol. The van der Waals surface area contributed by atoms with Gasteiger partial charge in [-0.05, 0) is 43.2 Å². The van der Waals surface area contributed by atoms with Crippen LogP contribution in [0.15, 0.2) is 71.3 Å². The second-order valence-electron chi connectivity index (χ2n) is 11.7. The number of ether oxygens (including phenoxy) is 1. The van der Waals surface area contributed by atoms with Crippen LogP contribution in [0.3, 0.4) is 0 Å². The van der Waals surface area contributed by atoms with Crippen molar-refractivity contribution in [1.82, 2.24) is 20.1 Å². The minimum atomic E-state index is -5.08. The number of carbonyl (C=O) groups excluding carboxylic acids is 3. The number of nitrogens with one attached hydrogen (secondary N) is 1. The van der Waals surface area contributed by atoms with Crippen molar-refractivity contribution in [3.8, 4) is 5.75 Å². The summed E-state index contributed by atoms with van der Waals surface area (Å²) in [6.45, 7) is 2.02. The van der Waals surface area contributed by atoms with Gasteiger partial charge in [0.15, 0.2) is 5.76 Å². The van der Waals surface area contributed by atoms with Crippen LogP contribution < -0.4 is 10.1 Å². The molecule has 2 aromatic heterocycles. The number of hydrogen-bond acceptors (Lipinski definition) is 9. The van der Waals surface area contributed by atoms with Gasteiger partial charge in [0.05, 0.1) is 11.8 Å². The molecule has 15 nitrogen and oxygen atoms in total. The number of halogens is 4. The number of carbonyl (C=O) groups is 6. The van der Waals surface area contributed by atoms with Crippen LogP contribution in [0.5, 0.6) is 5.75 Å². The predicted molar refractivity (Wildman–Crippen MR) is 177 cm³/mol. The van der Waals surface area contributed by atoms with Gasteiger partial charge in [-0.1, -0.05) is 30.3 Å². The maximum absolute atomic E-state index is 14.4. The van der Waals surface area contributed by atoms with Gasteiger partial charge in [-0.15, -0.1) is 0 Å². The predicted octanol–water partition coefficient (Wildman–Crippen LogP) is 3.92. The lowest BCUT2D eigenvalue weighted by molar-refractivity contribution is -0.192. The number of aromatic nitrogens is 1. The Balaban J connectivity index is 0.000000845. The molecule has 3 amide bonds. The highest BCUT2D eigenvalue weighted by atomic mass is 19.4. The van der Waals surface area contributed by atoms with Gasteiger partial charge < -0.3 is 39.6 Å². The molecular formula is C35H32F4N4O11. The van der Waals surface area contributed by atoms with Gasteiger partial charge in [-0.3, -0.25) is 19.2 Å². The fraction of sp³-hybridized carbons (Fsp3) is 0.286. The number of furan rings is 1. The topological polar surface area (TPSA) is 217 Å². The average molecular weight is 761 g/mol. The van der Waals surface area contributed by atoms with Gasteiger partial charge in [0.25, 0.3) is 11.8 Å². The zero-order chi connectivity index (χ0) is 39.7. The van der Waals surface area contributed by atoms with E-state index in [1.54, 1.807) is 43.3 Å². The van der Waals surface area contributed by atoms with Crippen LogP contribution in [-0.2, 0) is 19.2 Å². The molecule has 1 aliphatic rings. The van der Waals surface area contributed by atoms with Crippen molar-refractivity contribution in [2.75, 3.05) is 32.7 Å². The molecule has 3 heterocycles. The summed E-state index contributed by atoms with van der Waals surface area (Å²) in [6.07, 6.45) is -5.41. The van der Waals surface area contributed by atoms with Gasteiger partial charge in [0, 0.05) is 49.7 Å². The van der Waals surface area contributed by atoms with E-state index < -0.39 is 53.7 Å². The Bertz CT molecular complexity index is 2020. The summed E-state index contributed by atoms with van der Waals surface area (Å²) < 4.78 is 57.1. The van der Waals surface area contributed by atoms with E-state index in [2.05, 4.69) is 10.3 Å². The first-order valence-electron chi connectivity index (χ1n) is 16.0. The third-order valence-electron chi connectivity index (χ3n) is 8.00. The number of carboxylic acids is 3. The standard InChI is InChI=1S/C33H31FN4O9.C2HF3O2/c1-19-16-21(34)17-23-26(47-28(33(44)45)20-6-3-2-4-7-20)18-24(36-27(19)23)29(39)35-10-9-22(32(42)43)30(40)37-11-13-38(14-12-37)31(41)25-8-5-15-46-25;3-2(4,5)1(6)7/h2-8,15-18,22,28H,9-14H2,1H3,(H,35,39)(H,42,43)(H,44,45);(H,6,7). The molecule has 2 atom stereocenters. The van der Waals surface area contributed by atoms with Crippen molar-refractivity contribution in [2.24, 2.45) is 5.92 Å². The number of aryl methyl sites for hydroxylation is 1. The van der Waals surface area contributed by atoms with Crippen molar-refractivity contribution in [3.63, 3.8) is 0 Å². The third kappa shape index (κ3) is 10.1. The van der Waals surface area contributed by atoms with Crippen molar-refractivity contribution in [3.05, 3.63) is 95.3 Å². The summed E-state index contributed by atoms with van der Waals surface area (Å²) in [5.41, 5.74) is 0.706. The molecule has 0 spiro atoms. The quantitative estimate of drug-likeness (QED) is 0.126. The molecule has 4 N–H and O–H groups in total. The summed E-state index contributed by atoms with van der Waals surface area (Å²) in [5, 5.41) is 29.5. The van der Waals surface area contributed by atoms with E-state index in [1.807, 2.05) is 0 Å². The molecule has 19 heteroatoms. The molecule has 5 rings (SSSR count). The molecule has 2 aromatic carbocycles. The molecule has 54 heavy (non-hydrogen) atoms. The average Bonchev–Trinajstić information content (AvgIpc) is 3.67. The lowest BCUT2D eigenvalue weighted by atomic mass is 10.0. The minimum absolute atomic E-state index is 0.0951. The maximum Gasteiger partial charge on any atom is 0.490 e. The molecule has 1 aliphatic heterocycles. The first-order valence-corrected chi connectivity index (χ1v) is 16.0. The third-order valence-corrected chi connectivity index (χ3v) is 8.00. The summed E-state index contributed by atoms with van der Waals surface area (Å²) in [5.74, 6) is -9.14. The zero-order valence-corrected chi connectivity index (χ0v) is 28.2. The molecule has 0 bridgehead atoms. The van der Waals surface area contributed by atoms with Crippen LogP contribution in [0.4, 0.5) is 17.6 Å². The van der Waals surface area contributed by atoms with Gasteiger partial charge in [-0.25, -0.2) is 19.0 Å². The van der Waals surface area contributed by atoms with Gasteiger partial charge in [0.2, 0.25) is 12.0 Å². The Kier molecular flexibility index (Phi) is 12.9. The normalized spacial score (nSPS) is 13.9. The molecule has 1 saturated heterocycles. The van der Waals surface area contributed by atoms with E-state index >= 15 is 0 Å².